The fraction of sp³-hybridized carbons (Fsp3) is 0.588. The summed E-state index contributed by atoms with van der Waals surface area (Å²) in [5.74, 6) is 1.46. The van der Waals surface area contributed by atoms with Gasteiger partial charge >= 0.3 is 6.09 Å². The molecule has 0 aliphatic carbocycles. The van der Waals surface area contributed by atoms with E-state index in [1.807, 2.05) is 39.0 Å². The first kappa shape index (κ1) is 17.3. The van der Waals surface area contributed by atoms with Crippen LogP contribution in [-0.4, -0.2) is 24.8 Å². The summed E-state index contributed by atoms with van der Waals surface area (Å²) in [5.41, 5.74) is 0.721. The van der Waals surface area contributed by atoms with Gasteiger partial charge in [-0.15, -0.1) is 0 Å². The predicted octanol–water partition coefficient (Wildman–Crippen LogP) is 3.79. The van der Waals surface area contributed by atoms with E-state index in [2.05, 4.69) is 25.2 Å². The van der Waals surface area contributed by atoms with Crippen LogP contribution in [0.1, 0.15) is 40.2 Å². The van der Waals surface area contributed by atoms with Crippen molar-refractivity contribution < 1.29 is 14.3 Å². The highest BCUT2D eigenvalue weighted by atomic mass is 16.6. The fourth-order valence-electron chi connectivity index (χ4n) is 1.88. The van der Waals surface area contributed by atoms with Gasteiger partial charge in [-0.25, -0.2) is 4.79 Å². The molecule has 0 aliphatic rings. The molecule has 21 heavy (non-hydrogen) atoms. The Morgan fingerprint density at radius 2 is 1.90 bits per heavy atom. The summed E-state index contributed by atoms with van der Waals surface area (Å²) in [6.07, 6.45) is 0.567. The molecule has 1 rings (SSSR count). The van der Waals surface area contributed by atoms with Crippen molar-refractivity contribution >= 4 is 6.09 Å². The van der Waals surface area contributed by atoms with E-state index in [4.69, 9.17) is 9.47 Å². The van der Waals surface area contributed by atoms with Gasteiger partial charge in [-0.3, -0.25) is 0 Å². The lowest BCUT2D eigenvalue weighted by atomic mass is 10.0. The van der Waals surface area contributed by atoms with Crippen molar-refractivity contribution in [2.24, 2.45) is 5.92 Å². The normalized spacial score (nSPS) is 11.3. The molecule has 0 aliphatic heterocycles. The van der Waals surface area contributed by atoms with Crippen molar-refractivity contribution in [3.63, 3.8) is 0 Å². The number of hydrogen-bond acceptors (Lipinski definition) is 3. The summed E-state index contributed by atoms with van der Waals surface area (Å²) < 4.78 is 10.9. The standard InChI is InChI=1S/C17H27NO3/c1-13(2)12-14-8-6-7-9-15(14)20-11-10-18-16(19)21-17(3,4)5/h6-9,13H,10-12H2,1-5H3,(H,18,19). The smallest absolute Gasteiger partial charge is 0.407 e. The van der Waals surface area contributed by atoms with Crippen LogP contribution >= 0.6 is 0 Å². The third-order valence-electron chi connectivity index (χ3n) is 2.63. The number of alkyl carbamates (subject to hydrolysis) is 1. The second-order valence-electron chi connectivity index (χ2n) is 6.48. The van der Waals surface area contributed by atoms with Gasteiger partial charge in [0.15, 0.2) is 0 Å². The van der Waals surface area contributed by atoms with Crippen LogP contribution in [0.2, 0.25) is 0 Å². The molecule has 1 aromatic carbocycles. The second kappa shape index (κ2) is 7.91. The molecule has 0 bridgehead atoms. The van der Waals surface area contributed by atoms with E-state index in [0.717, 1.165) is 12.2 Å². The third kappa shape index (κ3) is 7.59. The van der Waals surface area contributed by atoms with Gasteiger partial charge in [-0.05, 0) is 44.7 Å². The lowest BCUT2D eigenvalue weighted by Crippen LogP contribution is -2.34. The number of hydrogen-bond donors (Lipinski definition) is 1. The molecule has 0 spiro atoms. The van der Waals surface area contributed by atoms with Crippen molar-refractivity contribution in [2.45, 2.75) is 46.6 Å². The van der Waals surface area contributed by atoms with Gasteiger partial charge in [-0.1, -0.05) is 32.0 Å². The number of ether oxygens (including phenoxy) is 2. The molecule has 0 unspecified atom stereocenters. The van der Waals surface area contributed by atoms with Crippen LogP contribution in [0.5, 0.6) is 5.75 Å². The van der Waals surface area contributed by atoms with Gasteiger partial charge in [0.25, 0.3) is 0 Å². The molecule has 118 valence electrons. The van der Waals surface area contributed by atoms with Crippen LogP contribution in [0.15, 0.2) is 24.3 Å². The predicted molar refractivity (Wildman–Crippen MR) is 84.7 cm³/mol. The first-order valence-electron chi connectivity index (χ1n) is 7.45. The zero-order valence-corrected chi connectivity index (χ0v) is 13.7. The quantitative estimate of drug-likeness (QED) is 0.812. The maximum Gasteiger partial charge on any atom is 0.407 e. The van der Waals surface area contributed by atoms with E-state index in [9.17, 15) is 4.79 Å². The molecular weight excluding hydrogens is 266 g/mol. The highest BCUT2D eigenvalue weighted by Crippen LogP contribution is 2.21. The first-order valence-corrected chi connectivity index (χ1v) is 7.45. The highest BCUT2D eigenvalue weighted by Gasteiger charge is 2.15. The number of nitrogens with one attached hydrogen (secondary N) is 1. The molecule has 1 amide bonds. The Morgan fingerprint density at radius 1 is 1.24 bits per heavy atom. The van der Waals surface area contributed by atoms with Crippen molar-refractivity contribution in [3.05, 3.63) is 29.8 Å². The number of carbonyl (C=O) groups is 1. The third-order valence-corrected chi connectivity index (χ3v) is 2.63. The van der Waals surface area contributed by atoms with Gasteiger partial charge in [0.05, 0.1) is 6.54 Å². The second-order valence-corrected chi connectivity index (χ2v) is 6.48. The largest absolute Gasteiger partial charge is 0.491 e. The topological polar surface area (TPSA) is 47.6 Å². The summed E-state index contributed by atoms with van der Waals surface area (Å²) in [5, 5.41) is 2.68. The van der Waals surface area contributed by atoms with Crippen molar-refractivity contribution in [1.82, 2.24) is 5.32 Å². The zero-order chi connectivity index (χ0) is 15.9. The van der Waals surface area contributed by atoms with Crippen LogP contribution in [0.4, 0.5) is 4.79 Å². The molecular formula is C17H27NO3. The maximum absolute atomic E-state index is 11.5. The van der Waals surface area contributed by atoms with Gasteiger partial charge in [-0.2, -0.15) is 0 Å². The molecule has 0 heterocycles. The SMILES string of the molecule is CC(C)Cc1ccccc1OCCNC(=O)OC(C)(C)C. The van der Waals surface area contributed by atoms with E-state index in [-0.39, 0.29) is 0 Å². The fourth-order valence-corrected chi connectivity index (χ4v) is 1.88. The number of benzene rings is 1. The molecule has 4 heteroatoms. The van der Waals surface area contributed by atoms with Crippen molar-refractivity contribution in [3.8, 4) is 5.75 Å². The average molecular weight is 293 g/mol. The minimum absolute atomic E-state index is 0.415. The average Bonchev–Trinajstić information content (AvgIpc) is 2.33. The lowest BCUT2D eigenvalue weighted by molar-refractivity contribution is 0.0520. The van der Waals surface area contributed by atoms with Gasteiger partial charge in [0, 0.05) is 0 Å². The molecule has 0 saturated heterocycles. The minimum atomic E-state index is -0.477. The monoisotopic (exact) mass is 293 g/mol. The molecule has 0 fully saturated rings. The molecule has 0 atom stereocenters. The van der Waals surface area contributed by atoms with Gasteiger partial charge in [0.1, 0.15) is 18.0 Å². The molecule has 1 N–H and O–H groups in total. The van der Waals surface area contributed by atoms with E-state index in [1.54, 1.807) is 0 Å². The Labute approximate surface area is 127 Å². The minimum Gasteiger partial charge on any atom is -0.491 e. The Balaban J connectivity index is 2.38. The van der Waals surface area contributed by atoms with E-state index >= 15 is 0 Å². The Bertz CT molecular complexity index is 450. The van der Waals surface area contributed by atoms with Crippen LogP contribution in [-0.2, 0) is 11.2 Å². The Morgan fingerprint density at radius 3 is 2.52 bits per heavy atom. The van der Waals surface area contributed by atoms with E-state index in [0.29, 0.717) is 19.1 Å². The highest BCUT2D eigenvalue weighted by molar-refractivity contribution is 5.67. The zero-order valence-electron chi connectivity index (χ0n) is 13.7. The number of amides is 1. The van der Waals surface area contributed by atoms with E-state index in [1.165, 1.54) is 5.56 Å². The molecule has 1 aromatic rings. The Kier molecular flexibility index (Phi) is 6.53. The molecule has 4 nitrogen and oxygen atoms in total. The van der Waals surface area contributed by atoms with Gasteiger partial charge in [0.2, 0.25) is 0 Å². The number of para-hydroxylation sites is 1. The summed E-state index contributed by atoms with van der Waals surface area (Å²) in [6.45, 7) is 10.7. The Hall–Kier alpha value is -1.71. The van der Waals surface area contributed by atoms with Crippen LogP contribution in [0, 0.1) is 5.92 Å². The van der Waals surface area contributed by atoms with Crippen molar-refractivity contribution in [1.29, 1.82) is 0 Å². The molecule has 0 aromatic heterocycles. The number of rotatable bonds is 6. The summed E-state index contributed by atoms with van der Waals surface area (Å²) in [4.78, 5) is 11.5. The summed E-state index contributed by atoms with van der Waals surface area (Å²) in [7, 11) is 0. The lowest BCUT2D eigenvalue weighted by Gasteiger charge is -2.19. The summed E-state index contributed by atoms with van der Waals surface area (Å²) >= 11 is 0. The van der Waals surface area contributed by atoms with Crippen LogP contribution < -0.4 is 10.1 Å². The van der Waals surface area contributed by atoms with Crippen molar-refractivity contribution in [2.75, 3.05) is 13.2 Å². The molecule has 0 radical (unpaired) electrons. The first-order chi connectivity index (χ1) is 9.78. The van der Waals surface area contributed by atoms with Crippen LogP contribution in [0.25, 0.3) is 0 Å². The maximum atomic E-state index is 11.5. The number of carbonyl (C=O) groups excluding carboxylic acids is 1. The van der Waals surface area contributed by atoms with Gasteiger partial charge < -0.3 is 14.8 Å². The van der Waals surface area contributed by atoms with E-state index < -0.39 is 11.7 Å². The van der Waals surface area contributed by atoms with Crippen LogP contribution in [0.3, 0.4) is 0 Å². The summed E-state index contributed by atoms with van der Waals surface area (Å²) in [6, 6.07) is 8.02. The molecule has 0 saturated carbocycles.